The largest absolute Gasteiger partial charge is 0.458 e. The lowest BCUT2D eigenvalue weighted by atomic mass is 10.1. The van der Waals surface area contributed by atoms with E-state index in [-0.39, 0.29) is 6.42 Å². The third kappa shape index (κ3) is 3.60. The van der Waals surface area contributed by atoms with Gasteiger partial charge >= 0.3 is 10.3 Å². The second-order valence-corrected chi connectivity index (χ2v) is 11.0. The fourth-order valence-electron chi connectivity index (χ4n) is 3.29. The smallest absolute Gasteiger partial charge is 0.323 e. The third-order valence-electron chi connectivity index (χ3n) is 4.64. The Morgan fingerprint density at radius 3 is 1.76 bits per heavy atom. The summed E-state index contributed by atoms with van der Waals surface area (Å²) in [6, 6.07) is 13.2. The summed E-state index contributed by atoms with van der Waals surface area (Å²) in [5, 5.41) is 0. The van der Waals surface area contributed by atoms with Crippen LogP contribution in [-0.2, 0) is 29.2 Å². The van der Waals surface area contributed by atoms with Gasteiger partial charge in [0.15, 0.2) is 0 Å². The molecule has 0 N–H and O–H groups in total. The molecule has 6 nitrogen and oxygen atoms in total. The standard InChI is InChI=1S/C20H19FO6S2/c1-15(22)27-17-13-12-16(14-17)20(21,28(23,24)18-8-4-2-5-9-18)29(25,26)19-10-6-3-7-11-19/h2-13,16-17H,14H2,1H3/t16-,17+/m1/s1. The molecule has 29 heavy (non-hydrogen) atoms. The van der Waals surface area contributed by atoms with Crippen molar-refractivity contribution in [3.05, 3.63) is 72.8 Å². The van der Waals surface area contributed by atoms with Crippen molar-refractivity contribution in [2.24, 2.45) is 5.92 Å². The number of alkyl halides is 1. The molecule has 2 aromatic rings. The molecule has 0 bridgehead atoms. The molecular weight excluding hydrogens is 419 g/mol. The van der Waals surface area contributed by atoms with Crippen molar-refractivity contribution in [2.75, 3.05) is 0 Å². The van der Waals surface area contributed by atoms with Crippen LogP contribution in [-0.4, -0.2) is 33.2 Å². The summed E-state index contributed by atoms with van der Waals surface area (Å²) in [6.45, 7) is 1.16. The van der Waals surface area contributed by atoms with Gasteiger partial charge < -0.3 is 4.74 Å². The average Bonchev–Trinajstić information content (AvgIpc) is 3.16. The maximum Gasteiger partial charge on any atom is 0.323 e. The number of halogens is 1. The van der Waals surface area contributed by atoms with Gasteiger partial charge in [-0.15, -0.1) is 0 Å². The molecule has 0 unspecified atom stereocenters. The van der Waals surface area contributed by atoms with Crippen molar-refractivity contribution in [3.8, 4) is 0 Å². The van der Waals surface area contributed by atoms with E-state index in [0.717, 1.165) is 37.3 Å². The summed E-state index contributed by atoms with van der Waals surface area (Å²) >= 11 is 0. The maximum atomic E-state index is 16.6. The lowest BCUT2D eigenvalue weighted by Crippen LogP contribution is -2.48. The minimum atomic E-state index is -4.99. The van der Waals surface area contributed by atoms with Crippen molar-refractivity contribution >= 4 is 25.6 Å². The molecule has 0 spiro atoms. The Morgan fingerprint density at radius 2 is 1.34 bits per heavy atom. The zero-order valence-corrected chi connectivity index (χ0v) is 17.1. The average molecular weight is 438 g/mol. The highest BCUT2D eigenvalue weighted by atomic mass is 32.3. The van der Waals surface area contributed by atoms with Gasteiger partial charge in [-0.3, -0.25) is 4.79 Å². The molecule has 0 radical (unpaired) electrons. The Kier molecular flexibility index (Phi) is 5.64. The minimum Gasteiger partial charge on any atom is -0.458 e. The lowest BCUT2D eigenvalue weighted by molar-refractivity contribution is -0.144. The quantitative estimate of drug-likeness (QED) is 0.508. The van der Waals surface area contributed by atoms with E-state index >= 15 is 4.39 Å². The second kappa shape index (κ2) is 7.72. The number of ether oxygens (including phenoxy) is 1. The molecule has 0 saturated heterocycles. The topological polar surface area (TPSA) is 94.6 Å². The number of rotatable bonds is 6. The number of hydrogen-bond donors (Lipinski definition) is 0. The van der Waals surface area contributed by atoms with Crippen LogP contribution in [0.15, 0.2) is 82.6 Å². The number of esters is 1. The summed E-state index contributed by atoms with van der Waals surface area (Å²) in [4.78, 5) is 10.3. The van der Waals surface area contributed by atoms with Crippen LogP contribution in [0.3, 0.4) is 0 Å². The van der Waals surface area contributed by atoms with E-state index in [0.29, 0.717) is 0 Å². The number of benzene rings is 2. The van der Waals surface area contributed by atoms with Crippen LogP contribution < -0.4 is 0 Å². The van der Waals surface area contributed by atoms with Crippen LogP contribution in [0.2, 0.25) is 0 Å². The van der Waals surface area contributed by atoms with Crippen LogP contribution in [0.1, 0.15) is 13.3 Å². The van der Waals surface area contributed by atoms with Gasteiger partial charge in [0.1, 0.15) is 6.10 Å². The normalized spacial score (nSPS) is 19.8. The zero-order valence-electron chi connectivity index (χ0n) is 15.4. The molecular formula is C20H19FO6S2. The Labute approximate surface area is 168 Å². The van der Waals surface area contributed by atoms with Crippen molar-refractivity contribution in [1.29, 1.82) is 0 Å². The first-order chi connectivity index (χ1) is 13.6. The maximum absolute atomic E-state index is 16.6. The van der Waals surface area contributed by atoms with Crippen LogP contribution in [0.5, 0.6) is 0 Å². The van der Waals surface area contributed by atoms with Crippen LogP contribution >= 0.6 is 0 Å². The van der Waals surface area contributed by atoms with E-state index in [9.17, 15) is 21.6 Å². The minimum absolute atomic E-state index is 0.311. The van der Waals surface area contributed by atoms with Gasteiger partial charge in [-0.25, -0.2) is 21.2 Å². The summed E-state index contributed by atoms with van der Waals surface area (Å²) in [5.74, 6) is -2.20. The first-order valence-electron chi connectivity index (χ1n) is 8.74. The highest BCUT2D eigenvalue weighted by Gasteiger charge is 2.62. The van der Waals surface area contributed by atoms with E-state index in [1.54, 1.807) is 0 Å². The Hall–Kier alpha value is -2.52. The fourth-order valence-corrected chi connectivity index (χ4v) is 7.84. The molecule has 154 valence electrons. The van der Waals surface area contributed by atoms with Crippen LogP contribution in [0, 0.1) is 5.92 Å². The molecule has 0 aliphatic heterocycles. The molecule has 9 heteroatoms. The molecule has 0 fully saturated rings. The number of sulfone groups is 2. The van der Waals surface area contributed by atoms with Crippen molar-refractivity contribution in [2.45, 2.75) is 33.6 Å². The molecule has 1 aliphatic carbocycles. The number of hydrogen-bond acceptors (Lipinski definition) is 6. The number of allylic oxidation sites excluding steroid dienone is 1. The fraction of sp³-hybridized carbons (Fsp3) is 0.250. The molecule has 1 aliphatic rings. The Morgan fingerprint density at radius 1 is 0.897 bits per heavy atom. The highest BCUT2D eigenvalue weighted by Crippen LogP contribution is 2.46. The van der Waals surface area contributed by atoms with E-state index in [1.165, 1.54) is 42.5 Å². The van der Waals surface area contributed by atoms with Crippen molar-refractivity contribution in [1.82, 2.24) is 0 Å². The highest BCUT2D eigenvalue weighted by molar-refractivity contribution is 8.10. The van der Waals surface area contributed by atoms with Crippen molar-refractivity contribution < 1.29 is 30.8 Å². The molecule has 2 atom stereocenters. The molecule has 0 aromatic heterocycles. The molecule has 0 amide bonds. The van der Waals surface area contributed by atoms with Gasteiger partial charge in [-0.1, -0.05) is 42.5 Å². The van der Waals surface area contributed by atoms with Gasteiger partial charge in [-0.2, -0.15) is 0 Å². The van der Waals surface area contributed by atoms with Crippen LogP contribution in [0.25, 0.3) is 0 Å². The van der Waals surface area contributed by atoms with E-state index in [2.05, 4.69) is 0 Å². The first kappa shape index (κ1) is 21.2. The summed E-state index contributed by atoms with van der Waals surface area (Å²) in [5.41, 5.74) is 0. The summed E-state index contributed by atoms with van der Waals surface area (Å²) in [6.07, 6.45) is 1.23. The van der Waals surface area contributed by atoms with Gasteiger partial charge in [0.25, 0.3) is 0 Å². The van der Waals surface area contributed by atoms with Gasteiger partial charge in [-0.05, 0) is 36.8 Å². The second-order valence-electron chi connectivity index (χ2n) is 6.59. The molecule has 2 aromatic carbocycles. The number of carbonyl (C=O) groups is 1. The van der Waals surface area contributed by atoms with Crippen LogP contribution in [0.4, 0.5) is 4.39 Å². The summed E-state index contributed by atoms with van der Waals surface area (Å²) in [7, 11) is -9.98. The SMILES string of the molecule is CC(=O)O[C@H]1C=C[C@@H](C(F)(S(=O)(=O)c2ccccc2)S(=O)(=O)c2ccccc2)C1. The van der Waals surface area contributed by atoms with E-state index in [4.69, 9.17) is 4.74 Å². The van der Waals surface area contributed by atoms with Gasteiger partial charge in [0, 0.05) is 12.8 Å². The monoisotopic (exact) mass is 438 g/mol. The summed E-state index contributed by atoms with van der Waals surface area (Å²) < 4.78 is 71.0. The third-order valence-corrected chi connectivity index (χ3v) is 9.82. The van der Waals surface area contributed by atoms with Gasteiger partial charge in [0.05, 0.1) is 9.79 Å². The first-order valence-corrected chi connectivity index (χ1v) is 11.7. The molecule has 0 heterocycles. The van der Waals surface area contributed by atoms with E-state index < -0.39 is 51.8 Å². The predicted molar refractivity (Wildman–Crippen MR) is 104 cm³/mol. The van der Waals surface area contributed by atoms with Gasteiger partial charge in [0.2, 0.25) is 19.7 Å². The Balaban J connectivity index is 2.18. The zero-order chi connectivity index (χ0) is 21.3. The van der Waals surface area contributed by atoms with Crippen molar-refractivity contribution in [3.63, 3.8) is 0 Å². The number of carbonyl (C=O) groups excluding carboxylic acids is 1. The molecule has 3 rings (SSSR count). The van der Waals surface area contributed by atoms with E-state index in [1.807, 2.05) is 0 Å². The predicted octanol–water partition coefficient (Wildman–Crippen LogP) is 3.07. The Bertz CT molecular complexity index is 1060. The lowest BCUT2D eigenvalue weighted by Gasteiger charge is -2.30. The molecule has 0 saturated carbocycles.